The number of carbonyl (C=O) groups is 3. The molecule has 1 aromatic carbocycles. The van der Waals surface area contributed by atoms with Crippen LogP contribution in [0.5, 0.6) is 0 Å². The van der Waals surface area contributed by atoms with Crippen LogP contribution in [0, 0.1) is 0 Å². The first-order chi connectivity index (χ1) is 13.3. The van der Waals surface area contributed by atoms with Crippen molar-refractivity contribution in [3.63, 3.8) is 0 Å². The highest BCUT2D eigenvalue weighted by molar-refractivity contribution is 6.35. The van der Waals surface area contributed by atoms with Crippen LogP contribution in [0.4, 0.5) is 5.69 Å². The van der Waals surface area contributed by atoms with Gasteiger partial charge in [-0.2, -0.15) is 0 Å². The summed E-state index contributed by atoms with van der Waals surface area (Å²) in [6.07, 6.45) is 1.91. The van der Waals surface area contributed by atoms with Crippen molar-refractivity contribution < 1.29 is 14.4 Å². The number of nitrogens with zero attached hydrogens (tertiary/aromatic N) is 3. The number of anilines is 1. The lowest BCUT2D eigenvalue weighted by Crippen LogP contribution is -2.43. The van der Waals surface area contributed by atoms with Gasteiger partial charge in [-0.3, -0.25) is 19.3 Å². The molecule has 1 aromatic rings. The van der Waals surface area contributed by atoms with Crippen molar-refractivity contribution in [3.8, 4) is 0 Å². The molecule has 0 radical (unpaired) electrons. The molecule has 0 bridgehead atoms. The van der Waals surface area contributed by atoms with Crippen LogP contribution in [-0.2, 0) is 14.4 Å². The average molecular weight is 384 g/mol. The maximum absolute atomic E-state index is 13.0. The summed E-state index contributed by atoms with van der Waals surface area (Å²) in [5.74, 6) is -0.636. The van der Waals surface area contributed by atoms with E-state index in [2.05, 4.69) is 17.3 Å². The quantitative estimate of drug-likeness (QED) is 0.784. The van der Waals surface area contributed by atoms with Crippen LogP contribution in [0.2, 0.25) is 0 Å². The number of imide groups is 1. The predicted octanol–water partition coefficient (Wildman–Crippen LogP) is 1.77. The zero-order valence-electron chi connectivity index (χ0n) is 17.0. The third kappa shape index (κ3) is 3.80. The summed E-state index contributed by atoms with van der Waals surface area (Å²) in [6, 6.07) is 7.31. The van der Waals surface area contributed by atoms with Gasteiger partial charge < -0.3 is 15.1 Å². The standard InChI is InChI=1S/C21H28N4O3/c1-5-25-20(27)18(15-6-8-16(9-7-15)22-14(2)26)19(21(25)28)24(4)17-10-12-23(3)13-11-17/h6-9,17H,5,10-13H2,1-4H3,(H,22,26). The monoisotopic (exact) mass is 384 g/mol. The number of likely N-dealkylation sites (N-methyl/N-ethyl adjacent to an activating group) is 2. The second kappa shape index (κ2) is 8.14. The summed E-state index contributed by atoms with van der Waals surface area (Å²) in [6.45, 7) is 5.55. The number of carbonyl (C=O) groups excluding carboxylic acids is 3. The summed E-state index contributed by atoms with van der Waals surface area (Å²) in [7, 11) is 4.02. The molecule has 1 N–H and O–H groups in total. The van der Waals surface area contributed by atoms with E-state index in [0.29, 0.717) is 29.1 Å². The van der Waals surface area contributed by atoms with Crippen LogP contribution < -0.4 is 5.32 Å². The van der Waals surface area contributed by atoms with E-state index in [4.69, 9.17) is 0 Å². The van der Waals surface area contributed by atoms with Gasteiger partial charge in [0.15, 0.2) is 0 Å². The lowest BCUT2D eigenvalue weighted by Gasteiger charge is -2.36. The number of likely N-dealkylation sites (tertiary alicyclic amines) is 1. The minimum Gasteiger partial charge on any atom is -0.366 e. The van der Waals surface area contributed by atoms with Crippen molar-refractivity contribution in [2.45, 2.75) is 32.7 Å². The van der Waals surface area contributed by atoms with E-state index >= 15 is 0 Å². The molecule has 28 heavy (non-hydrogen) atoms. The molecule has 0 spiro atoms. The van der Waals surface area contributed by atoms with Crippen LogP contribution in [0.25, 0.3) is 5.57 Å². The van der Waals surface area contributed by atoms with Gasteiger partial charge in [-0.15, -0.1) is 0 Å². The van der Waals surface area contributed by atoms with Crippen molar-refractivity contribution >= 4 is 29.0 Å². The van der Waals surface area contributed by atoms with Gasteiger partial charge >= 0.3 is 0 Å². The lowest BCUT2D eigenvalue weighted by molar-refractivity contribution is -0.137. The molecule has 150 valence electrons. The topological polar surface area (TPSA) is 73.0 Å². The van der Waals surface area contributed by atoms with Crippen LogP contribution >= 0.6 is 0 Å². The molecule has 2 aliphatic heterocycles. The first-order valence-electron chi connectivity index (χ1n) is 9.73. The Morgan fingerprint density at radius 3 is 2.29 bits per heavy atom. The molecule has 2 heterocycles. The second-order valence-corrected chi connectivity index (χ2v) is 7.48. The molecular formula is C21H28N4O3. The van der Waals surface area contributed by atoms with Crippen molar-refractivity contribution in [1.29, 1.82) is 0 Å². The van der Waals surface area contributed by atoms with Crippen molar-refractivity contribution in [2.75, 3.05) is 39.0 Å². The number of benzene rings is 1. The maximum Gasteiger partial charge on any atom is 0.277 e. The van der Waals surface area contributed by atoms with Crippen molar-refractivity contribution in [1.82, 2.24) is 14.7 Å². The molecule has 0 aliphatic carbocycles. The van der Waals surface area contributed by atoms with Gasteiger partial charge in [-0.05, 0) is 57.6 Å². The van der Waals surface area contributed by atoms with Gasteiger partial charge in [-0.25, -0.2) is 0 Å². The second-order valence-electron chi connectivity index (χ2n) is 7.48. The molecule has 0 saturated carbocycles. The maximum atomic E-state index is 13.0. The van der Waals surface area contributed by atoms with Crippen molar-refractivity contribution in [3.05, 3.63) is 35.5 Å². The Labute approximate surface area is 166 Å². The van der Waals surface area contributed by atoms with E-state index in [1.807, 2.05) is 18.9 Å². The number of piperidine rings is 1. The molecule has 0 unspecified atom stereocenters. The third-order valence-corrected chi connectivity index (χ3v) is 5.54. The van der Waals surface area contributed by atoms with Crippen LogP contribution in [0.15, 0.2) is 30.0 Å². The van der Waals surface area contributed by atoms with Gasteiger partial charge in [0.1, 0.15) is 5.70 Å². The van der Waals surface area contributed by atoms with E-state index in [1.54, 1.807) is 24.3 Å². The van der Waals surface area contributed by atoms with Crippen LogP contribution in [0.3, 0.4) is 0 Å². The smallest absolute Gasteiger partial charge is 0.277 e. The normalized spacial score (nSPS) is 18.8. The van der Waals surface area contributed by atoms with E-state index in [9.17, 15) is 14.4 Å². The van der Waals surface area contributed by atoms with E-state index in [1.165, 1.54) is 11.8 Å². The molecule has 3 amide bonds. The first kappa shape index (κ1) is 20.1. The largest absolute Gasteiger partial charge is 0.366 e. The minimum absolute atomic E-state index is 0.154. The number of hydrogen-bond acceptors (Lipinski definition) is 5. The summed E-state index contributed by atoms with van der Waals surface area (Å²) in [5, 5.41) is 2.72. The minimum atomic E-state index is -0.255. The zero-order chi connectivity index (χ0) is 20.4. The fourth-order valence-corrected chi connectivity index (χ4v) is 3.93. The van der Waals surface area contributed by atoms with E-state index in [0.717, 1.165) is 25.9 Å². The van der Waals surface area contributed by atoms with Crippen LogP contribution in [0.1, 0.15) is 32.3 Å². The Bertz CT molecular complexity index is 807. The highest BCUT2D eigenvalue weighted by Gasteiger charge is 2.41. The van der Waals surface area contributed by atoms with Gasteiger partial charge in [0.25, 0.3) is 11.8 Å². The number of hydrogen-bond donors (Lipinski definition) is 1. The molecule has 7 heteroatoms. The number of rotatable bonds is 5. The highest BCUT2D eigenvalue weighted by Crippen LogP contribution is 2.33. The lowest BCUT2D eigenvalue weighted by atomic mass is 10.00. The average Bonchev–Trinajstić information content (AvgIpc) is 2.91. The highest BCUT2D eigenvalue weighted by atomic mass is 16.2. The molecule has 1 saturated heterocycles. The first-order valence-corrected chi connectivity index (χ1v) is 9.73. The molecule has 7 nitrogen and oxygen atoms in total. The third-order valence-electron chi connectivity index (χ3n) is 5.54. The Kier molecular flexibility index (Phi) is 5.84. The fraction of sp³-hybridized carbons (Fsp3) is 0.476. The Hall–Kier alpha value is -2.67. The molecule has 1 fully saturated rings. The number of nitrogens with one attached hydrogen (secondary N) is 1. The Balaban J connectivity index is 1.97. The molecule has 0 aromatic heterocycles. The summed E-state index contributed by atoms with van der Waals surface area (Å²) in [4.78, 5) is 42.8. The predicted molar refractivity (Wildman–Crippen MR) is 108 cm³/mol. The molecule has 2 aliphatic rings. The SMILES string of the molecule is CCN1C(=O)C(c2ccc(NC(C)=O)cc2)=C(N(C)C2CCN(C)CC2)C1=O. The Morgan fingerprint density at radius 1 is 1.14 bits per heavy atom. The fourth-order valence-electron chi connectivity index (χ4n) is 3.93. The van der Waals surface area contributed by atoms with Gasteiger partial charge in [0, 0.05) is 32.2 Å². The van der Waals surface area contributed by atoms with E-state index in [-0.39, 0.29) is 23.8 Å². The molecular weight excluding hydrogens is 356 g/mol. The zero-order valence-corrected chi connectivity index (χ0v) is 17.0. The van der Waals surface area contributed by atoms with E-state index < -0.39 is 0 Å². The Morgan fingerprint density at radius 2 is 1.75 bits per heavy atom. The van der Waals surface area contributed by atoms with Crippen molar-refractivity contribution in [2.24, 2.45) is 0 Å². The van der Waals surface area contributed by atoms with Crippen LogP contribution in [-0.4, -0.2) is 72.2 Å². The van der Waals surface area contributed by atoms with Gasteiger partial charge in [-0.1, -0.05) is 12.1 Å². The van der Waals surface area contributed by atoms with Gasteiger partial charge in [0.2, 0.25) is 5.91 Å². The van der Waals surface area contributed by atoms with Gasteiger partial charge in [0.05, 0.1) is 5.57 Å². The summed E-state index contributed by atoms with van der Waals surface area (Å²) >= 11 is 0. The number of amides is 3. The molecule has 3 rings (SSSR count). The summed E-state index contributed by atoms with van der Waals surface area (Å²) < 4.78 is 0. The summed E-state index contributed by atoms with van der Waals surface area (Å²) in [5.41, 5.74) is 2.28. The molecule has 0 atom stereocenters.